The first-order chi connectivity index (χ1) is 9.69. The number of aromatic nitrogens is 3. The lowest BCUT2D eigenvalue weighted by atomic mass is 10.2. The van der Waals surface area contributed by atoms with Crippen LogP contribution in [0.5, 0.6) is 5.75 Å². The zero-order valence-corrected chi connectivity index (χ0v) is 13.1. The molecule has 0 bridgehead atoms. The Labute approximate surface area is 131 Å². The number of pyridine rings is 1. The Morgan fingerprint density at radius 2 is 2.10 bits per heavy atom. The van der Waals surface area contributed by atoms with Crippen LogP contribution in [0.4, 0.5) is 0 Å². The van der Waals surface area contributed by atoms with E-state index < -0.39 is 11.2 Å². The summed E-state index contributed by atoms with van der Waals surface area (Å²) in [6, 6.07) is 7.39. The zero-order valence-electron chi connectivity index (χ0n) is 11.5. The van der Waals surface area contributed by atoms with Crippen LogP contribution in [0.1, 0.15) is 0 Å². The van der Waals surface area contributed by atoms with Gasteiger partial charge in [-0.15, -0.1) is 12.4 Å². The van der Waals surface area contributed by atoms with Crippen LogP contribution >= 0.6 is 12.4 Å². The number of benzene rings is 1. The van der Waals surface area contributed by atoms with Gasteiger partial charge in [-0.1, -0.05) is 0 Å². The molecule has 0 spiro atoms. The second kappa shape index (κ2) is 6.34. The van der Waals surface area contributed by atoms with Crippen molar-refractivity contribution in [1.29, 1.82) is 0 Å². The van der Waals surface area contributed by atoms with Gasteiger partial charge in [0.05, 0.1) is 18.8 Å². The van der Waals surface area contributed by atoms with E-state index in [1.54, 1.807) is 31.8 Å². The highest BCUT2D eigenvalue weighted by molar-refractivity contribution is 7.90. The minimum Gasteiger partial charge on any atom is -0.612 e. The minimum absolute atomic E-state index is 0. The van der Waals surface area contributed by atoms with Gasteiger partial charge in [0.15, 0.2) is 10.6 Å². The standard InChI is InChI=1S/C14H13N3O2S.ClH/c1-19-12-7-9(3-4-13(12)20(2)18)14-16-10-5-6-15-8-11(10)17-14;/h3-8H,1-2H3,(H,16,17);1H. The maximum Gasteiger partial charge on any atom is 0.194 e. The fourth-order valence-corrected chi connectivity index (χ4v) is 2.73. The number of nitrogens with one attached hydrogen (secondary N) is 1. The molecule has 0 aliphatic heterocycles. The zero-order chi connectivity index (χ0) is 14.1. The molecular weight excluding hydrogens is 310 g/mol. The molecule has 21 heavy (non-hydrogen) atoms. The maximum absolute atomic E-state index is 11.6. The number of methoxy groups -OCH3 is 1. The van der Waals surface area contributed by atoms with Gasteiger partial charge in [-0.05, 0) is 35.4 Å². The summed E-state index contributed by atoms with van der Waals surface area (Å²) in [6.07, 6.45) is 5.06. The Morgan fingerprint density at radius 3 is 2.76 bits per heavy atom. The summed E-state index contributed by atoms with van der Waals surface area (Å²) < 4.78 is 16.9. The smallest absolute Gasteiger partial charge is 0.194 e. The first kappa shape index (κ1) is 15.6. The van der Waals surface area contributed by atoms with Gasteiger partial charge in [-0.3, -0.25) is 4.98 Å². The van der Waals surface area contributed by atoms with Gasteiger partial charge in [0, 0.05) is 11.8 Å². The lowest BCUT2D eigenvalue weighted by molar-refractivity contribution is 0.403. The quantitative estimate of drug-likeness (QED) is 0.752. The number of H-pyrrole nitrogens is 1. The Morgan fingerprint density at radius 1 is 1.29 bits per heavy atom. The Kier molecular flexibility index (Phi) is 4.72. The molecule has 7 heteroatoms. The number of hydrogen-bond donors (Lipinski definition) is 1. The number of fused-ring (bicyclic) bond motifs is 1. The molecule has 0 amide bonds. The molecule has 0 aliphatic rings. The molecule has 5 nitrogen and oxygen atoms in total. The van der Waals surface area contributed by atoms with Crippen molar-refractivity contribution in [2.45, 2.75) is 4.90 Å². The number of rotatable bonds is 3. The van der Waals surface area contributed by atoms with Gasteiger partial charge in [0.1, 0.15) is 17.6 Å². The van der Waals surface area contributed by atoms with Crippen molar-refractivity contribution in [2.24, 2.45) is 0 Å². The molecular formula is C14H14ClN3O2S. The van der Waals surface area contributed by atoms with E-state index in [0.717, 1.165) is 22.4 Å². The van der Waals surface area contributed by atoms with Crippen molar-refractivity contribution >= 4 is 34.6 Å². The first-order valence-corrected chi connectivity index (χ1v) is 7.56. The average molecular weight is 324 g/mol. The molecule has 0 fully saturated rings. The highest BCUT2D eigenvalue weighted by Gasteiger charge is 2.15. The number of nitrogens with zero attached hydrogens (tertiary/aromatic N) is 2. The van der Waals surface area contributed by atoms with Crippen LogP contribution in [-0.4, -0.2) is 32.9 Å². The number of ether oxygens (including phenoxy) is 1. The summed E-state index contributed by atoms with van der Waals surface area (Å²) >= 11 is -1.09. The number of imidazole rings is 1. The first-order valence-electron chi connectivity index (χ1n) is 6.00. The van der Waals surface area contributed by atoms with Crippen LogP contribution < -0.4 is 4.74 Å². The monoisotopic (exact) mass is 323 g/mol. The van der Waals surface area contributed by atoms with Gasteiger partial charge in [-0.2, -0.15) is 0 Å². The summed E-state index contributed by atoms with van der Waals surface area (Å²) in [6.45, 7) is 0. The summed E-state index contributed by atoms with van der Waals surface area (Å²) in [5, 5.41) is 0. The molecule has 3 rings (SSSR count). The van der Waals surface area contributed by atoms with Crippen molar-refractivity contribution < 1.29 is 9.29 Å². The number of halogens is 1. The van der Waals surface area contributed by atoms with Gasteiger partial charge >= 0.3 is 0 Å². The predicted octanol–water partition coefficient (Wildman–Crippen LogP) is 2.79. The van der Waals surface area contributed by atoms with Crippen LogP contribution in [0.3, 0.4) is 0 Å². The van der Waals surface area contributed by atoms with Crippen molar-refractivity contribution in [3.63, 3.8) is 0 Å². The molecule has 0 radical (unpaired) electrons. The van der Waals surface area contributed by atoms with Crippen molar-refractivity contribution in [1.82, 2.24) is 15.0 Å². The maximum atomic E-state index is 11.6. The molecule has 1 unspecified atom stereocenters. The second-order valence-corrected chi connectivity index (χ2v) is 5.65. The molecule has 1 aromatic carbocycles. The highest BCUT2D eigenvalue weighted by Crippen LogP contribution is 2.29. The molecule has 1 N–H and O–H groups in total. The lowest BCUT2D eigenvalue weighted by Crippen LogP contribution is -2.01. The summed E-state index contributed by atoms with van der Waals surface area (Å²) in [7, 11) is 1.57. The SMILES string of the molecule is COc1cc(-c2nc3cnccc3[nH]2)ccc1[S+](C)[O-].Cl. The Bertz CT molecular complexity index is 728. The van der Waals surface area contributed by atoms with Gasteiger partial charge < -0.3 is 14.3 Å². The molecule has 3 aromatic rings. The van der Waals surface area contributed by atoms with Gasteiger partial charge in [0.2, 0.25) is 0 Å². The average Bonchev–Trinajstić information content (AvgIpc) is 2.90. The Balaban J connectivity index is 0.00000161. The van der Waals surface area contributed by atoms with Gasteiger partial charge in [-0.25, -0.2) is 4.98 Å². The second-order valence-electron chi connectivity index (χ2n) is 4.30. The van der Waals surface area contributed by atoms with E-state index in [1.165, 1.54) is 0 Å². The van der Waals surface area contributed by atoms with Gasteiger partial charge in [0.25, 0.3) is 0 Å². The van der Waals surface area contributed by atoms with E-state index in [0.29, 0.717) is 10.6 Å². The fourth-order valence-electron chi connectivity index (χ4n) is 2.05. The lowest BCUT2D eigenvalue weighted by Gasteiger charge is -2.10. The molecule has 2 heterocycles. The van der Waals surface area contributed by atoms with Crippen LogP contribution in [0.15, 0.2) is 41.6 Å². The summed E-state index contributed by atoms with van der Waals surface area (Å²) in [5.74, 6) is 1.33. The molecule has 0 saturated carbocycles. The predicted molar refractivity (Wildman–Crippen MR) is 85.5 cm³/mol. The van der Waals surface area contributed by atoms with E-state index in [1.807, 2.05) is 18.2 Å². The van der Waals surface area contributed by atoms with Crippen molar-refractivity contribution in [2.75, 3.05) is 13.4 Å². The van der Waals surface area contributed by atoms with E-state index >= 15 is 0 Å². The summed E-state index contributed by atoms with van der Waals surface area (Å²) in [4.78, 5) is 12.4. The number of aromatic amines is 1. The largest absolute Gasteiger partial charge is 0.612 e. The minimum atomic E-state index is -1.09. The van der Waals surface area contributed by atoms with E-state index in [-0.39, 0.29) is 12.4 Å². The van der Waals surface area contributed by atoms with Crippen LogP contribution in [-0.2, 0) is 11.2 Å². The molecule has 110 valence electrons. The molecule has 1 atom stereocenters. The van der Waals surface area contributed by atoms with Crippen molar-refractivity contribution in [3.8, 4) is 17.1 Å². The third-order valence-electron chi connectivity index (χ3n) is 3.03. The third-order valence-corrected chi connectivity index (χ3v) is 3.99. The fraction of sp³-hybridized carbons (Fsp3) is 0.143. The van der Waals surface area contributed by atoms with Crippen molar-refractivity contribution in [3.05, 3.63) is 36.7 Å². The van der Waals surface area contributed by atoms with E-state index in [9.17, 15) is 4.55 Å². The highest BCUT2D eigenvalue weighted by atomic mass is 35.5. The third kappa shape index (κ3) is 2.97. The summed E-state index contributed by atoms with van der Waals surface area (Å²) in [5.41, 5.74) is 2.62. The van der Waals surface area contributed by atoms with Crippen LogP contribution in [0.25, 0.3) is 22.4 Å². The topological polar surface area (TPSA) is 73.9 Å². The molecule has 0 saturated heterocycles. The van der Waals surface area contributed by atoms with Crippen LogP contribution in [0.2, 0.25) is 0 Å². The Hall–Kier alpha value is -1.76. The number of hydrogen-bond acceptors (Lipinski definition) is 4. The molecule has 0 aliphatic carbocycles. The van der Waals surface area contributed by atoms with E-state index in [2.05, 4.69) is 15.0 Å². The normalized spacial score (nSPS) is 12.0. The molecule has 2 aromatic heterocycles. The van der Waals surface area contributed by atoms with E-state index in [4.69, 9.17) is 4.74 Å². The van der Waals surface area contributed by atoms with Crippen LogP contribution in [0, 0.1) is 0 Å².